The molecule has 9 heteroatoms. The van der Waals surface area contributed by atoms with E-state index < -0.39 is 28.6 Å². The van der Waals surface area contributed by atoms with E-state index in [2.05, 4.69) is 0 Å². The molecule has 0 saturated carbocycles. The Bertz CT molecular complexity index is 680. The molecule has 128 valence electrons. The van der Waals surface area contributed by atoms with E-state index in [-0.39, 0.29) is 21.5 Å². The average Bonchev–Trinajstić information content (AvgIpc) is 2.50. The molecule has 1 aliphatic rings. The van der Waals surface area contributed by atoms with Crippen molar-refractivity contribution in [1.82, 2.24) is 4.31 Å². The zero-order valence-electron chi connectivity index (χ0n) is 12.2. The molecule has 0 aromatic heterocycles. The summed E-state index contributed by atoms with van der Waals surface area (Å²) < 4.78 is 32.2. The molecule has 6 nitrogen and oxygen atoms in total. The van der Waals surface area contributed by atoms with Gasteiger partial charge in [-0.15, -0.1) is 0 Å². The van der Waals surface area contributed by atoms with Gasteiger partial charge in [-0.2, -0.15) is 4.31 Å². The predicted molar refractivity (Wildman–Crippen MR) is 86.4 cm³/mol. The maximum atomic E-state index is 12.9. The van der Waals surface area contributed by atoms with E-state index in [1.807, 2.05) is 0 Å². The summed E-state index contributed by atoms with van der Waals surface area (Å²) in [5, 5.41) is 8.79. The Morgan fingerprint density at radius 1 is 1.35 bits per heavy atom. The number of sulfonamides is 1. The van der Waals surface area contributed by atoms with Crippen LogP contribution in [0.4, 0.5) is 0 Å². The minimum atomic E-state index is -3.83. The van der Waals surface area contributed by atoms with Crippen molar-refractivity contribution in [3.05, 3.63) is 28.2 Å². The van der Waals surface area contributed by atoms with Crippen molar-refractivity contribution in [1.29, 1.82) is 0 Å². The lowest BCUT2D eigenvalue weighted by molar-refractivity contribution is -0.142. The van der Waals surface area contributed by atoms with Gasteiger partial charge in [0, 0.05) is 12.6 Å². The van der Waals surface area contributed by atoms with Gasteiger partial charge in [0.15, 0.2) is 0 Å². The first-order valence-corrected chi connectivity index (χ1v) is 9.29. The Morgan fingerprint density at radius 3 is 2.78 bits per heavy atom. The van der Waals surface area contributed by atoms with Crippen LogP contribution in [-0.4, -0.2) is 49.6 Å². The van der Waals surface area contributed by atoms with Gasteiger partial charge in [-0.25, -0.2) is 13.2 Å². The second kappa shape index (κ2) is 7.81. The molecule has 0 spiro atoms. The molecule has 0 aliphatic carbocycles. The molecule has 1 atom stereocenters. The summed E-state index contributed by atoms with van der Waals surface area (Å²) >= 11 is 12.0. The van der Waals surface area contributed by atoms with Gasteiger partial charge >= 0.3 is 5.97 Å². The van der Waals surface area contributed by atoms with Crippen LogP contribution in [0.3, 0.4) is 0 Å². The second-order valence-electron chi connectivity index (χ2n) is 5.23. The highest BCUT2D eigenvalue weighted by molar-refractivity contribution is 7.89. The van der Waals surface area contributed by atoms with Crippen molar-refractivity contribution in [3.63, 3.8) is 0 Å². The second-order valence-corrected chi connectivity index (χ2v) is 7.87. The van der Waals surface area contributed by atoms with Gasteiger partial charge in [0.2, 0.25) is 10.0 Å². The van der Waals surface area contributed by atoms with Crippen LogP contribution in [0.15, 0.2) is 23.1 Å². The third-order valence-corrected chi connectivity index (χ3v) is 6.54. The predicted octanol–water partition coefficient (Wildman–Crippen LogP) is 2.64. The lowest BCUT2D eigenvalue weighted by Gasteiger charge is -2.34. The Labute approximate surface area is 145 Å². The van der Waals surface area contributed by atoms with Crippen molar-refractivity contribution in [2.45, 2.75) is 30.2 Å². The van der Waals surface area contributed by atoms with Crippen LogP contribution < -0.4 is 0 Å². The van der Waals surface area contributed by atoms with Crippen molar-refractivity contribution in [2.75, 3.05) is 19.8 Å². The number of aliphatic carboxylic acids is 1. The van der Waals surface area contributed by atoms with Crippen LogP contribution in [0.5, 0.6) is 0 Å². The Balaban J connectivity index is 2.24. The smallest absolute Gasteiger partial charge is 0.329 e. The monoisotopic (exact) mass is 381 g/mol. The average molecular weight is 382 g/mol. The van der Waals surface area contributed by atoms with E-state index >= 15 is 0 Å². The summed E-state index contributed by atoms with van der Waals surface area (Å²) in [6, 6.07) is 4.05. The Kier molecular flexibility index (Phi) is 6.27. The van der Waals surface area contributed by atoms with Gasteiger partial charge in [0.25, 0.3) is 0 Å². The van der Waals surface area contributed by atoms with Crippen LogP contribution in [0.1, 0.15) is 19.3 Å². The van der Waals surface area contributed by atoms with Crippen LogP contribution >= 0.6 is 23.2 Å². The molecule has 1 aromatic carbocycles. The molecule has 1 fully saturated rings. The molecule has 1 heterocycles. The SMILES string of the molecule is O=C(O)COC[C@H]1CCCCN1S(=O)(=O)c1cccc(Cl)c1Cl. The van der Waals surface area contributed by atoms with Crippen molar-refractivity contribution in [2.24, 2.45) is 0 Å². The minimum Gasteiger partial charge on any atom is -0.480 e. The first-order chi connectivity index (χ1) is 10.8. The maximum Gasteiger partial charge on any atom is 0.329 e. The lowest BCUT2D eigenvalue weighted by atomic mass is 10.1. The van der Waals surface area contributed by atoms with Crippen LogP contribution in [-0.2, 0) is 19.6 Å². The molecular weight excluding hydrogens is 365 g/mol. The van der Waals surface area contributed by atoms with Crippen molar-refractivity contribution in [3.8, 4) is 0 Å². The van der Waals surface area contributed by atoms with Crippen LogP contribution in [0.2, 0.25) is 10.0 Å². The maximum absolute atomic E-state index is 12.9. The molecular formula is C14H17Cl2NO5S. The van der Waals surface area contributed by atoms with Gasteiger partial charge in [-0.1, -0.05) is 35.7 Å². The van der Waals surface area contributed by atoms with Gasteiger partial charge in [-0.05, 0) is 25.0 Å². The number of carboxylic acid groups (broad SMARTS) is 1. The normalized spacial score (nSPS) is 19.7. The van der Waals surface area contributed by atoms with E-state index in [9.17, 15) is 13.2 Å². The van der Waals surface area contributed by atoms with Gasteiger partial charge in [-0.3, -0.25) is 0 Å². The van der Waals surface area contributed by atoms with Crippen LogP contribution in [0, 0.1) is 0 Å². The number of carboxylic acids is 1. The number of carbonyl (C=O) groups is 1. The standard InChI is InChI=1S/C14H17Cl2NO5S/c15-11-5-3-6-12(14(11)16)23(20,21)17-7-2-1-4-10(17)8-22-9-13(18)19/h3,5-6,10H,1-2,4,7-9H2,(H,18,19)/t10-/m1/s1. The van der Waals surface area contributed by atoms with Gasteiger partial charge in [0.1, 0.15) is 11.5 Å². The van der Waals surface area contributed by atoms with E-state index in [0.29, 0.717) is 13.0 Å². The number of ether oxygens (including phenoxy) is 1. The molecule has 0 amide bonds. The molecule has 1 aliphatic heterocycles. The van der Waals surface area contributed by atoms with E-state index in [4.69, 9.17) is 33.0 Å². The third-order valence-electron chi connectivity index (χ3n) is 3.61. The van der Waals surface area contributed by atoms with Gasteiger partial charge < -0.3 is 9.84 Å². The summed E-state index contributed by atoms with van der Waals surface area (Å²) in [5.41, 5.74) is 0. The molecule has 0 unspecified atom stereocenters. The van der Waals surface area contributed by atoms with Crippen molar-refractivity contribution >= 4 is 39.2 Å². The molecule has 1 aromatic rings. The molecule has 2 rings (SSSR count). The number of nitrogens with zero attached hydrogens (tertiary/aromatic N) is 1. The third kappa shape index (κ3) is 4.36. The molecule has 0 radical (unpaired) electrons. The number of benzene rings is 1. The summed E-state index contributed by atoms with van der Waals surface area (Å²) in [4.78, 5) is 10.5. The first-order valence-electron chi connectivity index (χ1n) is 7.09. The fraction of sp³-hybridized carbons (Fsp3) is 0.500. The largest absolute Gasteiger partial charge is 0.480 e. The van der Waals surface area contributed by atoms with E-state index in [1.54, 1.807) is 0 Å². The number of hydrogen-bond donors (Lipinski definition) is 1. The fourth-order valence-corrected chi connectivity index (χ4v) is 4.97. The zero-order chi connectivity index (χ0) is 17.0. The minimum absolute atomic E-state index is 0.00931. The Hall–Kier alpha value is -0.860. The summed E-state index contributed by atoms with van der Waals surface area (Å²) in [6.07, 6.45) is 2.19. The fourth-order valence-electron chi connectivity index (χ4n) is 2.55. The summed E-state index contributed by atoms with van der Waals surface area (Å²) in [5.74, 6) is -1.09. The topological polar surface area (TPSA) is 83.9 Å². The zero-order valence-corrected chi connectivity index (χ0v) is 14.6. The highest BCUT2D eigenvalue weighted by Gasteiger charge is 2.35. The first kappa shape index (κ1) is 18.5. The molecule has 23 heavy (non-hydrogen) atoms. The molecule has 1 saturated heterocycles. The highest BCUT2D eigenvalue weighted by Crippen LogP contribution is 2.33. The number of piperidine rings is 1. The number of halogens is 2. The van der Waals surface area contributed by atoms with Gasteiger partial charge in [0.05, 0.1) is 16.7 Å². The number of rotatable bonds is 6. The van der Waals surface area contributed by atoms with Crippen molar-refractivity contribution < 1.29 is 23.1 Å². The highest BCUT2D eigenvalue weighted by atomic mass is 35.5. The lowest BCUT2D eigenvalue weighted by Crippen LogP contribution is -2.46. The quantitative estimate of drug-likeness (QED) is 0.818. The van der Waals surface area contributed by atoms with E-state index in [1.165, 1.54) is 22.5 Å². The Morgan fingerprint density at radius 2 is 2.09 bits per heavy atom. The summed E-state index contributed by atoms with van der Waals surface area (Å²) in [6.45, 7) is -0.0850. The number of hydrogen-bond acceptors (Lipinski definition) is 4. The molecule has 1 N–H and O–H groups in total. The van der Waals surface area contributed by atoms with Crippen LogP contribution in [0.25, 0.3) is 0 Å². The summed E-state index contributed by atoms with van der Waals surface area (Å²) in [7, 11) is -3.83. The van der Waals surface area contributed by atoms with E-state index in [0.717, 1.165) is 12.8 Å². The molecule has 0 bridgehead atoms.